The molecular formula is C20H28N8O2. The molecule has 3 rings (SSSR count). The van der Waals surface area contributed by atoms with E-state index in [1.165, 1.54) is 0 Å². The van der Waals surface area contributed by atoms with Gasteiger partial charge in [0.1, 0.15) is 6.67 Å². The van der Waals surface area contributed by atoms with Gasteiger partial charge in [0.15, 0.2) is 11.4 Å². The van der Waals surface area contributed by atoms with Crippen LogP contribution in [0.2, 0.25) is 0 Å². The monoisotopic (exact) mass is 412 g/mol. The SMILES string of the molecule is CCn1cc(NC(=O)c2ccn(Cn3nc(C)cc3C)n2)c(C(=O)NCC(C)C)n1. The number of aromatic nitrogens is 6. The van der Waals surface area contributed by atoms with Gasteiger partial charge in [-0.1, -0.05) is 13.8 Å². The lowest BCUT2D eigenvalue weighted by molar-refractivity contribution is 0.0944. The number of nitrogens with one attached hydrogen (secondary N) is 2. The number of anilines is 1. The average Bonchev–Trinajstić information content (AvgIpc) is 3.39. The summed E-state index contributed by atoms with van der Waals surface area (Å²) in [6.07, 6.45) is 3.37. The fourth-order valence-corrected chi connectivity index (χ4v) is 2.93. The van der Waals surface area contributed by atoms with Crippen molar-refractivity contribution in [1.29, 1.82) is 0 Å². The largest absolute Gasteiger partial charge is 0.350 e. The number of aryl methyl sites for hydroxylation is 3. The first kappa shape index (κ1) is 21.3. The highest BCUT2D eigenvalue weighted by atomic mass is 16.2. The summed E-state index contributed by atoms with van der Waals surface area (Å²) in [4.78, 5) is 25.2. The molecule has 10 heteroatoms. The summed E-state index contributed by atoms with van der Waals surface area (Å²) in [6.45, 7) is 11.3. The van der Waals surface area contributed by atoms with E-state index in [-0.39, 0.29) is 17.3 Å². The molecule has 2 amide bonds. The Kier molecular flexibility index (Phi) is 6.34. The van der Waals surface area contributed by atoms with E-state index in [0.717, 1.165) is 11.4 Å². The summed E-state index contributed by atoms with van der Waals surface area (Å²) in [5.74, 6) is -0.414. The summed E-state index contributed by atoms with van der Waals surface area (Å²) in [5, 5.41) is 18.6. The maximum absolute atomic E-state index is 12.7. The molecule has 0 fully saturated rings. The normalized spacial score (nSPS) is 11.1. The first-order valence-electron chi connectivity index (χ1n) is 9.98. The Morgan fingerprint density at radius 2 is 1.87 bits per heavy atom. The van der Waals surface area contributed by atoms with E-state index in [0.29, 0.717) is 31.4 Å². The Balaban J connectivity index is 1.73. The van der Waals surface area contributed by atoms with Crippen molar-refractivity contribution in [2.75, 3.05) is 11.9 Å². The van der Waals surface area contributed by atoms with Crippen LogP contribution in [0.4, 0.5) is 5.69 Å². The summed E-state index contributed by atoms with van der Waals surface area (Å²) < 4.78 is 5.06. The fourth-order valence-electron chi connectivity index (χ4n) is 2.93. The number of amides is 2. The van der Waals surface area contributed by atoms with Crippen molar-refractivity contribution in [2.45, 2.75) is 47.8 Å². The van der Waals surface area contributed by atoms with Crippen LogP contribution in [-0.2, 0) is 13.2 Å². The maximum atomic E-state index is 12.7. The number of hydrogen-bond acceptors (Lipinski definition) is 5. The Morgan fingerprint density at radius 3 is 2.50 bits per heavy atom. The van der Waals surface area contributed by atoms with Crippen LogP contribution in [-0.4, -0.2) is 47.7 Å². The molecule has 0 aliphatic heterocycles. The van der Waals surface area contributed by atoms with Crippen LogP contribution in [0.3, 0.4) is 0 Å². The predicted octanol–water partition coefficient (Wildman–Crippen LogP) is 2.06. The number of hydrogen-bond donors (Lipinski definition) is 2. The van der Waals surface area contributed by atoms with Crippen molar-refractivity contribution in [3.05, 3.63) is 47.3 Å². The van der Waals surface area contributed by atoms with Crippen LogP contribution in [0.15, 0.2) is 24.5 Å². The molecule has 0 saturated carbocycles. The quantitative estimate of drug-likeness (QED) is 0.588. The van der Waals surface area contributed by atoms with E-state index in [4.69, 9.17) is 0 Å². The molecule has 3 heterocycles. The zero-order valence-corrected chi connectivity index (χ0v) is 18.0. The minimum Gasteiger partial charge on any atom is -0.350 e. The van der Waals surface area contributed by atoms with Gasteiger partial charge in [-0.15, -0.1) is 0 Å². The summed E-state index contributed by atoms with van der Waals surface area (Å²) >= 11 is 0. The molecule has 0 spiro atoms. The molecule has 3 aromatic heterocycles. The van der Waals surface area contributed by atoms with Gasteiger partial charge in [-0.2, -0.15) is 15.3 Å². The molecule has 0 atom stereocenters. The number of nitrogens with zero attached hydrogens (tertiary/aromatic N) is 6. The second kappa shape index (κ2) is 8.93. The first-order valence-corrected chi connectivity index (χ1v) is 9.98. The van der Waals surface area contributed by atoms with Gasteiger partial charge in [0.25, 0.3) is 11.8 Å². The Labute approximate surface area is 175 Å². The second-order valence-corrected chi connectivity index (χ2v) is 7.61. The molecule has 160 valence electrons. The number of carbonyl (C=O) groups excluding carboxylic acids is 2. The molecule has 0 aliphatic carbocycles. The molecule has 0 bridgehead atoms. The molecule has 10 nitrogen and oxygen atoms in total. The smallest absolute Gasteiger partial charge is 0.276 e. The van der Waals surface area contributed by atoms with Crippen LogP contribution in [0, 0.1) is 19.8 Å². The van der Waals surface area contributed by atoms with Crippen molar-refractivity contribution in [3.8, 4) is 0 Å². The highest BCUT2D eigenvalue weighted by molar-refractivity contribution is 6.07. The Morgan fingerprint density at radius 1 is 1.10 bits per heavy atom. The lowest BCUT2D eigenvalue weighted by Gasteiger charge is -2.07. The van der Waals surface area contributed by atoms with Crippen LogP contribution in [0.5, 0.6) is 0 Å². The van der Waals surface area contributed by atoms with Crippen LogP contribution in [0.1, 0.15) is 53.1 Å². The zero-order valence-electron chi connectivity index (χ0n) is 18.0. The van der Waals surface area contributed by atoms with E-state index >= 15 is 0 Å². The van der Waals surface area contributed by atoms with Gasteiger partial charge in [0, 0.05) is 31.2 Å². The van der Waals surface area contributed by atoms with Crippen molar-refractivity contribution >= 4 is 17.5 Å². The van der Waals surface area contributed by atoms with Crippen LogP contribution >= 0.6 is 0 Å². The molecule has 3 aromatic rings. The minimum atomic E-state index is -0.407. The molecule has 30 heavy (non-hydrogen) atoms. The van der Waals surface area contributed by atoms with Gasteiger partial charge in [0.2, 0.25) is 0 Å². The van der Waals surface area contributed by atoms with E-state index in [1.54, 1.807) is 27.8 Å². The Bertz CT molecular complexity index is 1040. The molecule has 0 aliphatic rings. The summed E-state index contributed by atoms with van der Waals surface area (Å²) in [5.41, 5.74) is 2.73. The second-order valence-electron chi connectivity index (χ2n) is 7.61. The van der Waals surface area contributed by atoms with Gasteiger partial charge in [-0.3, -0.25) is 19.0 Å². The first-order chi connectivity index (χ1) is 14.3. The van der Waals surface area contributed by atoms with E-state index in [1.807, 2.05) is 45.4 Å². The van der Waals surface area contributed by atoms with Gasteiger partial charge in [-0.05, 0) is 38.8 Å². The number of carbonyl (C=O) groups is 2. The van der Waals surface area contributed by atoms with Gasteiger partial charge < -0.3 is 10.6 Å². The molecular weight excluding hydrogens is 384 g/mol. The summed E-state index contributed by atoms with van der Waals surface area (Å²) in [7, 11) is 0. The lowest BCUT2D eigenvalue weighted by atomic mass is 10.2. The van der Waals surface area contributed by atoms with Gasteiger partial charge in [0.05, 0.1) is 11.4 Å². The third-order valence-electron chi connectivity index (χ3n) is 4.48. The van der Waals surface area contributed by atoms with Gasteiger partial charge >= 0.3 is 0 Å². The lowest BCUT2D eigenvalue weighted by Crippen LogP contribution is -2.29. The molecule has 0 radical (unpaired) electrons. The number of rotatable bonds is 8. The maximum Gasteiger partial charge on any atom is 0.276 e. The van der Waals surface area contributed by atoms with Crippen LogP contribution < -0.4 is 10.6 Å². The van der Waals surface area contributed by atoms with E-state index in [9.17, 15) is 9.59 Å². The highest BCUT2D eigenvalue weighted by Gasteiger charge is 2.20. The fraction of sp³-hybridized carbons (Fsp3) is 0.450. The third kappa shape index (κ3) is 4.94. The summed E-state index contributed by atoms with van der Waals surface area (Å²) in [6, 6.07) is 3.61. The molecule has 0 saturated heterocycles. The minimum absolute atomic E-state index is 0.188. The van der Waals surface area contributed by atoms with Crippen LogP contribution in [0.25, 0.3) is 0 Å². The van der Waals surface area contributed by atoms with Crippen molar-refractivity contribution < 1.29 is 9.59 Å². The van der Waals surface area contributed by atoms with Crippen molar-refractivity contribution in [1.82, 2.24) is 34.7 Å². The standard InChI is InChI=1S/C20H28N8O2/c1-6-26-11-17(18(25-26)20(30)21-10-13(2)3)22-19(29)16-7-8-27(24-16)12-28-15(5)9-14(4)23-28/h7-9,11,13H,6,10,12H2,1-5H3,(H,21,30)(H,22,29). The molecule has 0 aromatic carbocycles. The topological polar surface area (TPSA) is 112 Å². The van der Waals surface area contributed by atoms with Crippen molar-refractivity contribution in [2.24, 2.45) is 5.92 Å². The molecule has 0 unspecified atom stereocenters. The van der Waals surface area contributed by atoms with E-state index < -0.39 is 5.91 Å². The Hall–Kier alpha value is -3.43. The average molecular weight is 412 g/mol. The molecule has 2 N–H and O–H groups in total. The zero-order chi connectivity index (χ0) is 21.8. The van der Waals surface area contributed by atoms with Crippen molar-refractivity contribution in [3.63, 3.8) is 0 Å². The van der Waals surface area contributed by atoms with E-state index in [2.05, 4.69) is 25.9 Å². The highest BCUT2D eigenvalue weighted by Crippen LogP contribution is 2.15. The third-order valence-corrected chi connectivity index (χ3v) is 4.48. The van der Waals surface area contributed by atoms with Gasteiger partial charge in [-0.25, -0.2) is 4.68 Å². The predicted molar refractivity (Wildman–Crippen MR) is 112 cm³/mol.